The molecule has 9 heteroatoms. The van der Waals surface area contributed by atoms with Crippen LogP contribution in [0.25, 0.3) is 0 Å². The Kier molecular flexibility index (Phi) is 4.18. The molecule has 1 fully saturated rings. The number of nitrogens with zero attached hydrogens (tertiary/aromatic N) is 1. The summed E-state index contributed by atoms with van der Waals surface area (Å²) in [5.41, 5.74) is 4.10. The summed E-state index contributed by atoms with van der Waals surface area (Å²) in [7, 11) is 0. The first-order valence-electron chi connectivity index (χ1n) is 6.23. The van der Waals surface area contributed by atoms with Crippen molar-refractivity contribution >= 4 is 39.8 Å². The smallest absolute Gasteiger partial charge is 0.325 e. The lowest BCUT2D eigenvalue weighted by atomic mass is 9.92. The number of nitrogens with one attached hydrogen (secondary N) is 2. The maximum atomic E-state index is 12.5. The average Bonchev–Trinajstić information content (AvgIpc) is 2.63. The minimum absolute atomic E-state index is 0.568. The van der Waals surface area contributed by atoms with Gasteiger partial charge < -0.3 is 11.1 Å². The summed E-state index contributed by atoms with van der Waals surface area (Å²) < 4.78 is 0.748. The van der Waals surface area contributed by atoms with Crippen LogP contribution in [0.5, 0.6) is 0 Å². The Labute approximate surface area is 134 Å². The van der Waals surface area contributed by atoms with Crippen LogP contribution in [0.1, 0.15) is 12.5 Å². The number of halogens is 1. The fourth-order valence-corrected chi connectivity index (χ4v) is 2.56. The van der Waals surface area contributed by atoms with Gasteiger partial charge in [-0.05, 0) is 24.6 Å². The fourth-order valence-electron chi connectivity index (χ4n) is 2.16. The standard InChI is InChI=1S/C13H13BrN4O4/c1-13(7-3-2-4-8(14)5-7)10(20)18(12(22)17-13)6-9(19)16-11(15)21/h2-5H,6H2,1H3,(H,17,22)(H3,15,16,19,21). The highest BCUT2D eigenvalue weighted by atomic mass is 79.9. The molecule has 1 aliphatic heterocycles. The summed E-state index contributed by atoms with van der Waals surface area (Å²) >= 11 is 3.30. The van der Waals surface area contributed by atoms with Crippen molar-refractivity contribution in [3.8, 4) is 0 Å². The average molecular weight is 369 g/mol. The number of urea groups is 2. The van der Waals surface area contributed by atoms with Crippen LogP contribution in [0, 0.1) is 0 Å². The van der Waals surface area contributed by atoms with Crippen LogP contribution in [0.15, 0.2) is 28.7 Å². The highest BCUT2D eigenvalue weighted by Gasteiger charge is 2.49. The highest BCUT2D eigenvalue weighted by Crippen LogP contribution is 2.30. The minimum Gasteiger partial charge on any atom is -0.351 e. The molecule has 1 atom stereocenters. The number of carbonyl (C=O) groups is 4. The van der Waals surface area contributed by atoms with E-state index in [1.807, 2.05) is 0 Å². The Morgan fingerprint density at radius 3 is 2.68 bits per heavy atom. The van der Waals surface area contributed by atoms with Gasteiger partial charge in [0, 0.05) is 4.47 Å². The number of amides is 6. The molecule has 22 heavy (non-hydrogen) atoms. The van der Waals surface area contributed by atoms with E-state index < -0.39 is 36.0 Å². The molecule has 0 aromatic heterocycles. The molecule has 1 unspecified atom stereocenters. The van der Waals surface area contributed by atoms with Gasteiger partial charge in [-0.3, -0.25) is 19.8 Å². The maximum absolute atomic E-state index is 12.5. The van der Waals surface area contributed by atoms with Gasteiger partial charge >= 0.3 is 12.1 Å². The third-order valence-electron chi connectivity index (χ3n) is 3.24. The zero-order valence-electron chi connectivity index (χ0n) is 11.6. The summed E-state index contributed by atoms with van der Waals surface area (Å²) in [6.07, 6.45) is 0. The van der Waals surface area contributed by atoms with Gasteiger partial charge in [0.15, 0.2) is 0 Å². The minimum atomic E-state index is -1.28. The molecule has 1 aliphatic rings. The molecule has 1 saturated heterocycles. The van der Waals surface area contributed by atoms with Crippen LogP contribution in [0.2, 0.25) is 0 Å². The Morgan fingerprint density at radius 2 is 2.09 bits per heavy atom. The number of benzene rings is 1. The molecular weight excluding hydrogens is 356 g/mol. The second kappa shape index (κ2) is 5.76. The summed E-state index contributed by atoms with van der Waals surface area (Å²) in [5, 5.41) is 4.36. The molecule has 0 spiro atoms. The Hall–Kier alpha value is -2.42. The van der Waals surface area contributed by atoms with Crippen LogP contribution in [-0.2, 0) is 15.1 Å². The SMILES string of the molecule is CC1(c2cccc(Br)c2)NC(=O)N(CC(=O)NC(N)=O)C1=O. The molecule has 1 heterocycles. The molecule has 4 N–H and O–H groups in total. The third-order valence-corrected chi connectivity index (χ3v) is 3.73. The number of rotatable bonds is 3. The van der Waals surface area contributed by atoms with E-state index in [0.29, 0.717) is 5.56 Å². The number of nitrogens with two attached hydrogens (primary N) is 1. The fraction of sp³-hybridized carbons (Fsp3) is 0.231. The van der Waals surface area contributed by atoms with Crippen molar-refractivity contribution in [2.24, 2.45) is 5.73 Å². The summed E-state index contributed by atoms with van der Waals surface area (Å²) in [6.45, 7) is 0.957. The highest BCUT2D eigenvalue weighted by molar-refractivity contribution is 9.10. The molecule has 1 aromatic rings. The molecule has 0 bridgehead atoms. The second-order valence-electron chi connectivity index (χ2n) is 4.87. The van der Waals surface area contributed by atoms with Crippen molar-refractivity contribution < 1.29 is 19.2 Å². The van der Waals surface area contributed by atoms with Gasteiger partial charge in [0.1, 0.15) is 12.1 Å². The summed E-state index contributed by atoms with van der Waals surface area (Å²) in [6, 6.07) is 5.14. The Balaban J connectivity index is 2.24. The van der Waals surface area contributed by atoms with Crippen LogP contribution < -0.4 is 16.4 Å². The number of imide groups is 2. The van der Waals surface area contributed by atoms with E-state index in [4.69, 9.17) is 5.73 Å². The molecule has 0 saturated carbocycles. The molecule has 2 rings (SSSR count). The summed E-state index contributed by atoms with van der Waals surface area (Å²) in [4.78, 5) is 47.3. The predicted molar refractivity (Wildman–Crippen MR) is 79.5 cm³/mol. The maximum Gasteiger partial charge on any atom is 0.325 e. The van der Waals surface area contributed by atoms with Gasteiger partial charge in [-0.15, -0.1) is 0 Å². The van der Waals surface area contributed by atoms with Crippen molar-refractivity contribution in [1.82, 2.24) is 15.5 Å². The lowest BCUT2D eigenvalue weighted by Crippen LogP contribution is -2.45. The van der Waals surface area contributed by atoms with E-state index >= 15 is 0 Å². The first-order valence-corrected chi connectivity index (χ1v) is 7.03. The van der Waals surface area contributed by atoms with E-state index in [9.17, 15) is 19.2 Å². The van der Waals surface area contributed by atoms with Crippen LogP contribution >= 0.6 is 15.9 Å². The zero-order chi connectivity index (χ0) is 16.5. The van der Waals surface area contributed by atoms with Gasteiger partial charge in [0.05, 0.1) is 0 Å². The Bertz CT molecular complexity index is 678. The van der Waals surface area contributed by atoms with E-state index in [1.54, 1.807) is 36.5 Å². The summed E-state index contributed by atoms with van der Waals surface area (Å²) in [5.74, 6) is -1.43. The number of carbonyl (C=O) groups excluding carboxylic acids is 4. The molecule has 0 radical (unpaired) electrons. The quantitative estimate of drug-likeness (QED) is 0.668. The molecular formula is C13H13BrN4O4. The number of hydrogen-bond acceptors (Lipinski definition) is 4. The lowest BCUT2D eigenvalue weighted by Gasteiger charge is -2.22. The van der Waals surface area contributed by atoms with E-state index in [0.717, 1.165) is 9.37 Å². The van der Waals surface area contributed by atoms with Crippen LogP contribution in [-0.4, -0.2) is 35.3 Å². The molecule has 1 aromatic carbocycles. The third kappa shape index (κ3) is 2.93. The number of hydrogen-bond donors (Lipinski definition) is 3. The van der Waals surface area contributed by atoms with Crippen molar-refractivity contribution in [3.05, 3.63) is 34.3 Å². The van der Waals surface area contributed by atoms with Crippen molar-refractivity contribution in [2.75, 3.05) is 6.54 Å². The van der Waals surface area contributed by atoms with Gasteiger partial charge in [-0.25, -0.2) is 9.59 Å². The van der Waals surface area contributed by atoms with Crippen molar-refractivity contribution in [3.63, 3.8) is 0 Å². The van der Waals surface area contributed by atoms with Gasteiger partial charge in [-0.1, -0.05) is 28.1 Å². The largest absolute Gasteiger partial charge is 0.351 e. The van der Waals surface area contributed by atoms with Gasteiger partial charge in [-0.2, -0.15) is 0 Å². The number of primary amides is 1. The van der Waals surface area contributed by atoms with Crippen LogP contribution in [0.4, 0.5) is 9.59 Å². The predicted octanol–water partition coefficient (Wildman–Crippen LogP) is 0.411. The van der Waals surface area contributed by atoms with E-state index in [-0.39, 0.29) is 0 Å². The van der Waals surface area contributed by atoms with Gasteiger partial charge in [0.2, 0.25) is 5.91 Å². The van der Waals surface area contributed by atoms with Gasteiger partial charge in [0.25, 0.3) is 5.91 Å². The molecule has 116 valence electrons. The first kappa shape index (κ1) is 16.0. The molecule has 6 amide bonds. The topological polar surface area (TPSA) is 122 Å². The first-order chi connectivity index (χ1) is 10.2. The van der Waals surface area contributed by atoms with E-state index in [2.05, 4.69) is 21.2 Å². The van der Waals surface area contributed by atoms with Crippen LogP contribution in [0.3, 0.4) is 0 Å². The second-order valence-corrected chi connectivity index (χ2v) is 5.78. The Morgan fingerprint density at radius 1 is 1.41 bits per heavy atom. The zero-order valence-corrected chi connectivity index (χ0v) is 13.1. The van der Waals surface area contributed by atoms with E-state index in [1.165, 1.54) is 0 Å². The van der Waals surface area contributed by atoms with Crippen molar-refractivity contribution in [2.45, 2.75) is 12.5 Å². The van der Waals surface area contributed by atoms with Crippen molar-refractivity contribution in [1.29, 1.82) is 0 Å². The normalized spacial score (nSPS) is 20.7. The lowest BCUT2D eigenvalue weighted by molar-refractivity contribution is -0.134. The molecule has 0 aliphatic carbocycles. The molecule has 8 nitrogen and oxygen atoms in total. The monoisotopic (exact) mass is 368 g/mol.